The van der Waals surface area contributed by atoms with Gasteiger partial charge in [0.25, 0.3) is 5.56 Å². The molecule has 6 nitrogen and oxygen atoms in total. The fourth-order valence-electron chi connectivity index (χ4n) is 1.69. The molecule has 8 heteroatoms. The van der Waals surface area contributed by atoms with E-state index in [1.807, 2.05) is 13.0 Å². The molecule has 116 valence electrons. The number of nitrogen functional groups attached to an aromatic ring is 1. The summed E-state index contributed by atoms with van der Waals surface area (Å²) >= 11 is 7.04. The van der Waals surface area contributed by atoms with E-state index in [0.717, 1.165) is 17.3 Å². The number of amides is 1. The summed E-state index contributed by atoms with van der Waals surface area (Å²) in [5.41, 5.74) is 6.72. The molecule has 0 spiro atoms. The Morgan fingerprint density at radius 3 is 2.86 bits per heavy atom. The Hall–Kier alpha value is -1.99. The minimum absolute atomic E-state index is 0.115. The molecule has 0 saturated heterocycles. The zero-order valence-electron chi connectivity index (χ0n) is 12.0. The van der Waals surface area contributed by atoms with E-state index in [-0.39, 0.29) is 17.3 Å². The highest BCUT2D eigenvalue weighted by atomic mass is 35.5. The lowest BCUT2D eigenvalue weighted by atomic mass is 10.2. The summed E-state index contributed by atoms with van der Waals surface area (Å²) in [6, 6.07) is 6.45. The number of aromatic amines is 1. The first-order chi connectivity index (χ1) is 10.3. The first-order valence-electron chi connectivity index (χ1n) is 6.45. The summed E-state index contributed by atoms with van der Waals surface area (Å²) in [6.45, 7) is 3.59. The first kappa shape index (κ1) is 16.4. The summed E-state index contributed by atoms with van der Waals surface area (Å²) in [4.78, 5) is 30.1. The third kappa shape index (κ3) is 4.25. The summed E-state index contributed by atoms with van der Waals surface area (Å²) in [5, 5.41) is 3.18. The molecule has 1 heterocycles. The van der Waals surface area contributed by atoms with E-state index in [4.69, 9.17) is 17.3 Å². The van der Waals surface area contributed by atoms with Crippen molar-refractivity contribution in [2.75, 3.05) is 11.1 Å². The number of hydrogen-bond donors (Lipinski definition) is 3. The standard InChI is InChI=1S/C14H15ClN4O2S/c1-7-3-4-9(15)5-10(7)17-13(21)8(2)22-14-18-11(16)6-12(20)19-14/h3-6,8H,1-2H3,(H,17,21)(H3,16,18,19,20)/t8-/m1/s1. The SMILES string of the molecule is Cc1ccc(Cl)cc1NC(=O)[C@@H](C)Sc1nc(N)cc(=O)[nH]1. The maximum absolute atomic E-state index is 12.2. The number of aromatic nitrogens is 2. The Morgan fingerprint density at radius 1 is 1.45 bits per heavy atom. The highest BCUT2D eigenvalue weighted by Crippen LogP contribution is 2.23. The number of H-pyrrole nitrogens is 1. The van der Waals surface area contributed by atoms with E-state index in [9.17, 15) is 9.59 Å². The number of halogens is 1. The number of carbonyl (C=O) groups excluding carboxylic acids is 1. The van der Waals surface area contributed by atoms with Gasteiger partial charge in [0.2, 0.25) is 5.91 Å². The largest absolute Gasteiger partial charge is 0.383 e. The lowest BCUT2D eigenvalue weighted by molar-refractivity contribution is -0.115. The molecule has 0 fully saturated rings. The van der Waals surface area contributed by atoms with Crippen LogP contribution in [0.5, 0.6) is 0 Å². The van der Waals surface area contributed by atoms with Crippen molar-refractivity contribution in [3.8, 4) is 0 Å². The Bertz CT molecular complexity index is 763. The fourth-order valence-corrected chi connectivity index (χ4v) is 2.68. The molecular formula is C14H15ClN4O2S. The van der Waals surface area contributed by atoms with Crippen LogP contribution in [0.25, 0.3) is 0 Å². The molecule has 0 bridgehead atoms. The van der Waals surface area contributed by atoms with Gasteiger partial charge in [-0.1, -0.05) is 29.4 Å². The Balaban J connectivity index is 2.09. The van der Waals surface area contributed by atoms with Crippen LogP contribution in [-0.4, -0.2) is 21.1 Å². The minimum atomic E-state index is -0.469. The maximum atomic E-state index is 12.2. The van der Waals surface area contributed by atoms with Crippen LogP contribution in [0.3, 0.4) is 0 Å². The third-order valence-electron chi connectivity index (χ3n) is 2.85. The van der Waals surface area contributed by atoms with Crippen molar-refractivity contribution in [1.29, 1.82) is 0 Å². The summed E-state index contributed by atoms with van der Waals surface area (Å²) in [6.07, 6.45) is 0. The topological polar surface area (TPSA) is 101 Å². The van der Waals surface area contributed by atoms with Crippen molar-refractivity contribution >= 4 is 40.8 Å². The number of benzene rings is 1. The number of nitrogens with zero attached hydrogens (tertiary/aromatic N) is 1. The second-order valence-electron chi connectivity index (χ2n) is 4.68. The number of anilines is 2. The van der Waals surface area contributed by atoms with Gasteiger partial charge in [0, 0.05) is 16.8 Å². The Kier molecular flexibility index (Phi) is 5.10. The molecule has 0 aliphatic carbocycles. The molecule has 1 aromatic carbocycles. The fraction of sp³-hybridized carbons (Fsp3) is 0.214. The molecule has 0 aliphatic heterocycles. The molecule has 0 saturated carbocycles. The monoisotopic (exact) mass is 338 g/mol. The average Bonchev–Trinajstić information content (AvgIpc) is 2.41. The van der Waals surface area contributed by atoms with E-state index in [1.165, 1.54) is 6.07 Å². The van der Waals surface area contributed by atoms with Crippen LogP contribution in [0, 0.1) is 6.92 Å². The lowest BCUT2D eigenvalue weighted by Crippen LogP contribution is -2.23. The van der Waals surface area contributed by atoms with Crippen molar-refractivity contribution in [3.63, 3.8) is 0 Å². The third-order valence-corrected chi connectivity index (χ3v) is 4.07. The average molecular weight is 339 g/mol. The second-order valence-corrected chi connectivity index (χ2v) is 6.45. The second kappa shape index (κ2) is 6.85. The van der Waals surface area contributed by atoms with Gasteiger partial charge < -0.3 is 16.0 Å². The lowest BCUT2D eigenvalue weighted by Gasteiger charge is -2.13. The number of hydrogen-bond acceptors (Lipinski definition) is 5. The molecule has 0 aliphatic rings. The zero-order valence-corrected chi connectivity index (χ0v) is 13.6. The quantitative estimate of drug-likeness (QED) is 0.587. The van der Waals surface area contributed by atoms with Crippen molar-refractivity contribution in [2.24, 2.45) is 0 Å². The molecule has 2 aromatic rings. The van der Waals surface area contributed by atoms with Crippen LogP contribution in [0.2, 0.25) is 5.02 Å². The van der Waals surface area contributed by atoms with E-state index < -0.39 is 5.25 Å². The van der Waals surface area contributed by atoms with Gasteiger partial charge in [0.1, 0.15) is 5.82 Å². The van der Waals surface area contributed by atoms with E-state index >= 15 is 0 Å². The van der Waals surface area contributed by atoms with Crippen molar-refractivity contribution in [2.45, 2.75) is 24.3 Å². The Labute approximate surface area is 136 Å². The molecule has 1 amide bonds. The first-order valence-corrected chi connectivity index (χ1v) is 7.71. The summed E-state index contributed by atoms with van der Waals surface area (Å²) in [7, 11) is 0. The van der Waals surface area contributed by atoms with Crippen LogP contribution in [0.15, 0.2) is 34.2 Å². The molecular weight excluding hydrogens is 324 g/mol. The van der Waals surface area contributed by atoms with Gasteiger partial charge in [-0.3, -0.25) is 9.59 Å². The van der Waals surface area contributed by atoms with Gasteiger partial charge in [0.15, 0.2) is 5.16 Å². The molecule has 22 heavy (non-hydrogen) atoms. The molecule has 0 unspecified atom stereocenters. The molecule has 4 N–H and O–H groups in total. The number of carbonyl (C=O) groups is 1. The van der Waals surface area contributed by atoms with Crippen LogP contribution >= 0.6 is 23.4 Å². The highest BCUT2D eigenvalue weighted by Gasteiger charge is 2.17. The Morgan fingerprint density at radius 2 is 2.18 bits per heavy atom. The summed E-state index contributed by atoms with van der Waals surface area (Å²) < 4.78 is 0. The van der Waals surface area contributed by atoms with Gasteiger partial charge >= 0.3 is 0 Å². The zero-order chi connectivity index (χ0) is 16.3. The van der Waals surface area contributed by atoms with Crippen molar-refractivity contribution < 1.29 is 4.79 Å². The van der Waals surface area contributed by atoms with Gasteiger partial charge in [-0.15, -0.1) is 0 Å². The molecule has 1 aromatic heterocycles. The number of nitrogens with one attached hydrogen (secondary N) is 2. The van der Waals surface area contributed by atoms with Crippen LogP contribution in [0.1, 0.15) is 12.5 Å². The summed E-state index contributed by atoms with van der Waals surface area (Å²) in [5.74, 6) is -0.106. The predicted octanol–water partition coefficient (Wildman–Crippen LogP) is 2.43. The highest BCUT2D eigenvalue weighted by molar-refractivity contribution is 8.00. The van der Waals surface area contributed by atoms with Crippen LogP contribution in [-0.2, 0) is 4.79 Å². The predicted molar refractivity (Wildman–Crippen MR) is 89.4 cm³/mol. The number of thioether (sulfide) groups is 1. The van der Waals surface area contributed by atoms with Gasteiger partial charge in [-0.2, -0.15) is 0 Å². The van der Waals surface area contributed by atoms with Crippen molar-refractivity contribution in [3.05, 3.63) is 45.2 Å². The van der Waals surface area contributed by atoms with E-state index in [0.29, 0.717) is 15.9 Å². The molecule has 2 rings (SSSR count). The van der Waals surface area contributed by atoms with E-state index in [2.05, 4.69) is 15.3 Å². The van der Waals surface area contributed by atoms with Crippen LogP contribution in [0.4, 0.5) is 11.5 Å². The van der Waals surface area contributed by atoms with Gasteiger partial charge in [-0.25, -0.2) is 4.98 Å². The van der Waals surface area contributed by atoms with Gasteiger partial charge in [-0.05, 0) is 31.5 Å². The van der Waals surface area contributed by atoms with Crippen LogP contribution < -0.4 is 16.6 Å². The minimum Gasteiger partial charge on any atom is -0.383 e. The maximum Gasteiger partial charge on any atom is 0.253 e. The smallest absolute Gasteiger partial charge is 0.253 e. The number of nitrogens with two attached hydrogens (primary N) is 1. The normalized spacial score (nSPS) is 12.0. The number of aryl methyl sites for hydroxylation is 1. The number of rotatable bonds is 4. The molecule has 0 radical (unpaired) electrons. The van der Waals surface area contributed by atoms with E-state index in [1.54, 1.807) is 19.1 Å². The molecule has 1 atom stereocenters. The van der Waals surface area contributed by atoms with Gasteiger partial charge in [0.05, 0.1) is 5.25 Å². The van der Waals surface area contributed by atoms with Crippen molar-refractivity contribution in [1.82, 2.24) is 9.97 Å².